The van der Waals surface area contributed by atoms with E-state index >= 15 is 0 Å². The van der Waals surface area contributed by atoms with Gasteiger partial charge in [0.2, 0.25) is 0 Å². The number of hydrogen-bond donors (Lipinski definition) is 2. The Bertz CT molecular complexity index is 233. The highest BCUT2D eigenvalue weighted by molar-refractivity contribution is 4.89. The lowest BCUT2D eigenvalue weighted by atomic mass is 9.84. The molecule has 0 rings (SSSR count). The van der Waals surface area contributed by atoms with Gasteiger partial charge in [0, 0.05) is 12.8 Å². The molecule has 0 spiro atoms. The number of hydrogen-bond acceptors (Lipinski definition) is 4. The average molecular weight is 194 g/mol. The zero-order chi connectivity index (χ0) is 11.0. The molecule has 1 unspecified atom stereocenters. The molecule has 0 radical (unpaired) electrons. The fraction of sp³-hybridized carbons (Fsp3) is 0.800. The van der Waals surface area contributed by atoms with Crippen molar-refractivity contribution in [2.45, 2.75) is 44.7 Å². The van der Waals surface area contributed by atoms with Crippen molar-refractivity contribution in [3.63, 3.8) is 0 Å². The van der Waals surface area contributed by atoms with Crippen molar-refractivity contribution >= 4 is 0 Å². The molecular formula is C10H18N4. The molecule has 0 heterocycles. The molecule has 78 valence electrons. The summed E-state index contributed by atoms with van der Waals surface area (Å²) in [7, 11) is 0. The highest BCUT2D eigenvalue weighted by Gasteiger charge is 2.28. The quantitative estimate of drug-likeness (QED) is 0.621. The Labute approximate surface area is 85.5 Å². The molecule has 4 nitrogen and oxygen atoms in total. The van der Waals surface area contributed by atoms with Crippen molar-refractivity contribution in [3.8, 4) is 12.1 Å². The van der Waals surface area contributed by atoms with Crippen molar-refractivity contribution < 1.29 is 0 Å². The molecule has 0 bridgehead atoms. The Hall–Kier alpha value is -1.10. The van der Waals surface area contributed by atoms with Crippen molar-refractivity contribution in [2.24, 2.45) is 17.4 Å². The van der Waals surface area contributed by atoms with E-state index in [2.05, 4.69) is 6.07 Å². The Morgan fingerprint density at radius 1 is 1.21 bits per heavy atom. The van der Waals surface area contributed by atoms with Crippen LogP contribution in [0.4, 0.5) is 0 Å². The molecule has 0 aliphatic carbocycles. The third-order valence-corrected chi connectivity index (χ3v) is 2.53. The van der Waals surface area contributed by atoms with E-state index in [9.17, 15) is 0 Å². The van der Waals surface area contributed by atoms with Crippen LogP contribution in [0.2, 0.25) is 0 Å². The van der Waals surface area contributed by atoms with E-state index in [0.29, 0.717) is 25.7 Å². The highest BCUT2D eigenvalue weighted by Crippen LogP contribution is 2.22. The summed E-state index contributed by atoms with van der Waals surface area (Å²) in [6.45, 7) is 2.00. The van der Waals surface area contributed by atoms with Gasteiger partial charge in [0.15, 0.2) is 0 Å². The molecule has 0 aliphatic rings. The first-order valence-corrected chi connectivity index (χ1v) is 4.90. The van der Waals surface area contributed by atoms with Gasteiger partial charge in [0.25, 0.3) is 0 Å². The van der Waals surface area contributed by atoms with Crippen LogP contribution in [0.15, 0.2) is 0 Å². The normalized spacial score (nSPS) is 12.9. The summed E-state index contributed by atoms with van der Waals surface area (Å²) in [4.78, 5) is 0. The van der Waals surface area contributed by atoms with Gasteiger partial charge in [-0.2, -0.15) is 10.5 Å². The Morgan fingerprint density at radius 3 is 2.21 bits per heavy atom. The maximum atomic E-state index is 8.47. The fourth-order valence-corrected chi connectivity index (χ4v) is 1.57. The third kappa shape index (κ3) is 4.23. The van der Waals surface area contributed by atoms with Crippen molar-refractivity contribution in [3.05, 3.63) is 0 Å². The second-order valence-corrected chi connectivity index (χ2v) is 3.57. The first kappa shape index (κ1) is 12.9. The molecule has 0 saturated heterocycles. The molecule has 1 atom stereocenters. The lowest BCUT2D eigenvalue weighted by Gasteiger charge is -2.32. The standard InChI is InChI=1S/C10H18N4/c1-2-9(5-3-7-11)10(13,14)6-4-8-12/h9H,2-6,13-14H2,1H3. The van der Waals surface area contributed by atoms with Gasteiger partial charge in [-0.3, -0.25) is 0 Å². The van der Waals surface area contributed by atoms with Crippen LogP contribution in [-0.2, 0) is 0 Å². The minimum absolute atomic E-state index is 0.121. The number of nitrogens with zero attached hydrogens (tertiary/aromatic N) is 2. The topological polar surface area (TPSA) is 99.6 Å². The second kappa shape index (κ2) is 6.37. The molecule has 0 saturated carbocycles. The van der Waals surface area contributed by atoms with Gasteiger partial charge in [0.1, 0.15) is 0 Å². The van der Waals surface area contributed by atoms with Crippen molar-refractivity contribution in [2.75, 3.05) is 0 Å². The molecule has 0 aliphatic heterocycles. The number of nitriles is 2. The minimum atomic E-state index is -0.804. The number of nitrogens with two attached hydrogens (primary N) is 2. The first-order valence-electron chi connectivity index (χ1n) is 4.90. The van der Waals surface area contributed by atoms with Gasteiger partial charge >= 0.3 is 0 Å². The zero-order valence-corrected chi connectivity index (χ0v) is 8.66. The van der Waals surface area contributed by atoms with E-state index in [1.807, 2.05) is 13.0 Å². The predicted molar refractivity (Wildman–Crippen MR) is 54.6 cm³/mol. The average Bonchev–Trinajstić information content (AvgIpc) is 2.16. The summed E-state index contributed by atoms with van der Waals surface area (Å²) in [6, 6.07) is 4.12. The molecule has 4 heteroatoms. The molecule has 0 amide bonds. The summed E-state index contributed by atoms with van der Waals surface area (Å²) in [5, 5.41) is 16.9. The summed E-state index contributed by atoms with van der Waals surface area (Å²) >= 11 is 0. The smallest absolute Gasteiger partial charge is 0.0675 e. The summed E-state index contributed by atoms with van der Waals surface area (Å²) < 4.78 is 0. The predicted octanol–water partition coefficient (Wildman–Crippen LogP) is 1.23. The molecule has 14 heavy (non-hydrogen) atoms. The van der Waals surface area contributed by atoms with Crippen LogP contribution in [0.3, 0.4) is 0 Å². The van der Waals surface area contributed by atoms with E-state index in [4.69, 9.17) is 22.0 Å². The van der Waals surface area contributed by atoms with E-state index in [-0.39, 0.29) is 5.92 Å². The Kier molecular flexibility index (Phi) is 5.87. The molecule has 4 N–H and O–H groups in total. The van der Waals surface area contributed by atoms with Crippen molar-refractivity contribution in [1.29, 1.82) is 10.5 Å². The number of rotatable bonds is 6. The van der Waals surface area contributed by atoms with Crippen LogP contribution in [0.5, 0.6) is 0 Å². The van der Waals surface area contributed by atoms with E-state index < -0.39 is 5.66 Å². The van der Waals surface area contributed by atoms with Crippen LogP contribution in [0, 0.1) is 28.6 Å². The molecule has 0 aromatic rings. The zero-order valence-electron chi connectivity index (χ0n) is 8.66. The highest BCUT2D eigenvalue weighted by atomic mass is 15.0. The largest absolute Gasteiger partial charge is 0.313 e. The Balaban J connectivity index is 4.19. The van der Waals surface area contributed by atoms with Crippen LogP contribution in [0.1, 0.15) is 39.0 Å². The van der Waals surface area contributed by atoms with Gasteiger partial charge in [-0.15, -0.1) is 0 Å². The summed E-state index contributed by atoms with van der Waals surface area (Å²) in [5.41, 5.74) is 11.0. The Morgan fingerprint density at radius 2 is 1.79 bits per heavy atom. The second-order valence-electron chi connectivity index (χ2n) is 3.57. The maximum Gasteiger partial charge on any atom is 0.0675 e. The van der Waals surface area contributed by atoms with Gasteiger partial charge in [-0.25, -0.2) is 0 Å². The van der Waals surface area contributed by atoms with Gasteiger partial charge in [-0.05, 0) is 18.8 Å². The van der Waals surface area contributed by atoms with Gasteiger partial charge in [0.05, 0.1) is 17.8 Å². The minimum Gasteiger partial charge on any atom is -0.313 e. The van der Waals surface area contributed by atoms with E-state index in [1.54, 1.807) is 0 Å². The molecular weight excluding hydrogens is 176 g/mol. The molecule has 0 aromatic heterocycles. The van der Waals surface area contributed by atoms with E-state index in [0.717, 1.165) is 6.42 Å². The SMILES string of the molecule is CCC(CCC#N)C(N)(N)CCC#N. The lowest BCUT2D eigenvalue weighted by molar-refractivity contribution is 0.242. The third-order valence-electron chi connectivity index (χ3n) is 2.53. The molecule has 0 aromatic carbocycles. The van der Waals surface area contributed by atoms with Gasteiger partial charge in [-0.1, -0.05) is 13.3 Å². The first-order chi connectivity index (χ1) is 6.58. The van der Waals surface area contributed by atoms with Crippen LogP contribution in [0.25, 0.3) is 0 Å². The monoisotopic (exact) mass is 194 g/mol. The van der Waals surface area contributed by atoms with Gasteiger partial charge < -0.3 is 11.5 Å². The van der Waals surface area contributed by atoms with Crippen LogP contribution < -0.4 is 11.5 Å². The van der Waals surface area contributed by atoms with Crippen LogP contribution >= 0.6 is 0 Å². The summed E-state index contributed by atoms with van der Waals surface area (Å²) in [6.07, 6.45) is 2.90. The fourth-order valence-electron chi connectivity index (χ4n) is 1.57. The lowest BCUT2D eigenvalue weighted by Crippen LogP contribution is -2.55. The van der Waals surface area contributed by atoms with Crippen molar-refractivity contribution in [1.82, 2.24) is 0 Å². The molecule has 0 fully saturated rings. The maximum absolute atomic E-state index is 8.47. The van der Waals surface area contributed by atoms with E-state index in [1.165, 1.54) is 0 Å². The van der Waals surface area contributed by atoms with Crippen LogP contribution in [-0.4, -0.2) is 5.66 Å². The summed E-state index contributed by atoms with van der Waals surface area (Å²) in [5.74, 6) is 0.121.